The second kappa shape index (κ2) is 6.86. The lowest BCUT2D eigenvalue weighted by molar-refractivity contribution is 0.0595. The summed E-state index contributed by atoms with van der Waals surface area (Å²) in [5.41, 5.74) is 3.12. The summed E-state index contributed by atoms with van der Waals surface area (Å²) < 4.78 is 10.5. The second-order valence-electron chi connectivity index (χ2n) is 6.08. The van der Waals surface area contributed by atoms with Crippen molar-refractivity contribution in [3.63, 3.8) is 0 Å². The minimum atomic E-state index is -0.353. The smallest absolute Gasteiger partial charge is 0.341 e. The van der Waals surface area contributed by atoms with E-state index in [2.05, 4.69) is 40.6 Å². The van der Waals surface area contributed by atoms with Gasteiger partial charge in [0, 0.05) is 11.4 Å². The van der Waals surface area contributed by atoms with Crippen molar-refractivity contribution in [2.75, 3.05) is 13.7 Å². The van der Waals surface area contributed by atoms with Gasteiger partial charge in [0.2, 0.25) is 0 Å². The van der Waals surface area contributed by atoms with Crippen LogP contribution in [0.15, 0.2) is 58.5 Å². The summed E-state index contributed by atoms with van der Waals surface area (Å²) in [7, 11) is 1.39. The highest BCUT2D eigenvalue weighted by atomic mass is 32.1. The molecule has 1 aliphatic rings. The van der Waals surface area contributed by atoms with Crippen molar-refractivity contribution in [3.05, 3.63) is 81.4 Å². The van der Waals surface area contributed by atoms with Crippen molar-refractivity contribution in [3.8, 4) is 0 Å². The molecule has 0 aliphatic carbocycles. The molecule has 0 radical (unpaired) electrons. The normalized spacial score (nSPS) is 17.2. The largest absolute Gasteiger partial charge is 0.467 e. The van der Waals surface area contributed by atoms with Crippen LogP contribution >= 0.6 is 11.3 Å². The van der Waals surface area contributed by atoms with Gasteiger partial charge in [0.25, 0.3) is 0 Å². The Hall–Kier alpha value is -2.37. The Bertz CT molecular complexity index is 868. The molecule has 2 aromatic heterocycles. The minimum Gasteiger partial charge on any atom is -0.467 e. The van der Waals surface area contributed by atoms with Crippen LogP contribution in [0.1, 0.15) is 38.2 Å². The highest BCUT2D eigenvalue weighted by molar-refractivity contribution is 7.10. The monoisotopic (exact) mass is 353 g/mol. The predicted molar refractivity (Wildman–Crippen MR) is 96.8 cm³/mol. The van der Waals surface area contributed by atoms with Crippen LogP contribution in [0.4, 0.5) is 0 Å². The maximum absolute atomic E-state index is 11.9. The molecule has 0 amide bonds. The molecule has 4 rings (SSSR count). The number of hydrogen-bond donors (Lipinski definition) is 0. The summed E-state index contributed by atoms with van der Waals surface area (Å²) in [5.74, 6) is 0.305. The van der Waals surface area contributed by atoms with Crippen LogP contribution in [0.3, 0.4) is 0 Å². The molecule has 0 spiro atoms. The molecular weight excluding hydrogens is 334 g/mol. The summed E-state index contributed by atoms with van der Waals surface area (Å²) in [6, 6.07) is 14.6. The summed E-state index contributed by atoms with van der Waals surface area (Å²) >= 11 is 1.82. The van der Waals surface area contributed by atoms with E-state index in [9.17, 15) is 4.79 Å². The number of thiophene rings is 1. The number of fused-ring (bicyclic) bond motifs is 1. The van der Waals surface area contributed by atoms with E-state index in [0.717, 1.165) is 13.0 Å². The molecule has 0 fully saturated rings. The van der Waals surface area contributed by atoms with Crippen molar-refractivity contribution in [2.24, 2.45) is 0 Å². The van der Waals surface area contributed by atoms with Gasteiger partial charge in [-0.1, -0.05) is 30.3 Å². The summed E-state index contributed by atoms with van der Waals surface area (Å²) in [6.07, 6.45) is 2.57. The molecule has 4 nitrogen and oxygen atoms in total. The third-order valence-corrected chi connectivity index (χ3v) is 5.67. The van der Waals surface area contributed by atoms with Gasteiger partial charge in [-0.15, -0.1) is 11.3 Å². The van der Waals surface area contributed by atoms with Crippen LogP contribution in [0.2, 0.25) is 0 Å². The third-order valence-electron chi connectivity index (χ3n) is 4.68. The zero-order valence-electron chi connectivity index (χ0n) is 14.0. The van der Waals surface area contributed by atoms with Crippen LogP contribution in [0, 0.1) is 0 Å². The fourth-order valence-electron chi connectivity index (χ4n) is 3.50. The molecule has 0 saturated heterocycles. The average Bonchev–Trinajstić information content (AvgIpc) is 3.31. The van der Waals surface area contributed by atoms with E-state index in [0.29, 0.717) is 17.9 Å². The first-order valence-electron chi connectivity index (χ1n) is 8.28. The molecule has 3 aromatic rings. The lowest BCUT2D eigenvalue weighted by Gasteiger charge is -2.35. The number of ether oxygens (including phenoxy) is 1. The topological polar surface area (TPSA) is 42.7 Å². The van der Waals surface area contributed by atoms with Gasteiger partial charge >= 0.3 is 5.97 Å². The van der Waals surface area contributed by atoms with Crippen molar-refractivity contribution in [1.82, 2.24) is 4.90 Å². The molecule has 0 N–H and O–H groups in total. The summed E-state index contributed by atoms with van der Waals surface area (Å²) in [6.45, 7) is 1.50. The van der Waals surface area contributed by atoms with Crippen LogP contribution in [-0.2, 0) is 17.7 Å². The summed E-state index contributed by atoms with van der Waals surface area (Å²) in [5, 5.41) is 2.16. The van der Waals surface area contributed by atoms with Crippen molar-refractivity contribution < 1.29 is 13.9 Å². The van der Waals surface area contributed by atoms with Crippen LogP contribution in [0.25, 0.3) is 0 Å². The Balaban J connectivity index is 1.69. The van der Waals surface area contributed by atoms with Gasteiger partial charge in [-0.3, -0.25) is 4.90 Å². The quantitative estimate of drug-likeness (QED) is 0.657. The van der Waals surface area contributed by atoms with Crippen molar-refractivity contribution >= 4 is 17.3 Å². The number of carbonyl (C=O) groups is 1. The van der Waals surface area contributed by atoms with E-state index in [1.54, 1.807) is 12.3 Å². The molecule has 128 valence electrons. The number of furan rings is 1. The number of benzene rings is 1. The second-order valence-corrected chi connectivity index (χ2v) is 7.08. The molecule has 0 saturated carbocycles. The molecule has 1 aromatic carbocycles. The molecular formula is C20H19NO3S. The molecule has 3 heterocycles. The van der Waals surface area contributed by atoms with Gasteiger partial charge in [0.05, 0.1) is 26.0 Å². The Kier molecular flexibility index (Phi) is 4.42. The molecule has 25 heavy (non-hydrogen) atoms. The van der Waals surface area contributed by atoms with Crippen molar-refractivity contribution in [2.45, 2.75) is 19.0 Å². The van der Waals surface area contributed by atoms with E-state index in [4.69, 9.17) is 9.15 Å². The first kappa shape index (κ1) is 16.1. The van der Waals surface area contributed by atoms with Gasteiger partial charge in [0.15, 0.2) is 0 Å². The Labute approximate surface area is 150 Å². The fraction of sp³-hybridized carbons (Fsp3) is 0.250. The highest BCUT2D eigenvalue weighted by Gasteiger charge is 2.31. The standard InChI is InChI=1S/C20H19NO3S/c1-23-20(22)15-8-11-24-17(15)13-21-10-7-18-16(9-12-25-18)19(21)14-5-3-2-4-6-14/h2-6,8-9,11-12,19H,7,10,13H2,1H3/t19-/m1/s1. The number of hydrogen-bond acceptors (Lipinski definition) is 5. The van der Waals surface area contributed by atoms with Gasteiger partial charge in [-0.25, -0.2) is 4.79 Å². The first-order valence-corrected chi connectivity index (χ1v) is 9.16. The zero-order chi connectivity index (χ0) is 17.2. The van der Waals surface area contributed by atoms with Crippen molar-refractivity contribution in [1.29, 1.82) is 0 Å². The predicted octanol–water partition coefficient (Wildman–Crippen LogP) is 4.28. The number of nitrogens with zero attached hydrogens (tertiary/aromatic N) is 1. The maximum atomic E-state index is 11.9. The lowest BCUT2D eigenvalue weighted by Crippen LogP contribution is -2.35. The molecule has 1 atom stereocenters. The third kappa shape index (κ3) is 3.01. The Morgan fingerprint density at radius 2 is 2.12 bits per heavy atom. The Morgan fingerprint density at radius 3 is 2.92 bits per heavy atom. The number of carbonyl (C=O) groups excluding carboxylic acids is 1. The molecule has 5 heteroatoms. The number of rotatable bonds is 4. The van der Waals surface area contributed by atoms with E-state index in [1.165, 1.54) is 23.1 Å². The van der Waals surface area contributed by atoms with Crippen LogP contribution in [-0.4, -0.2) is 24.5 Å². The van der Waals surface area contributed by atoms with E-state index in [1.807, 2.05) is 17.4 Å². The van der Waals surface area contributed by atoms with E-state index in [-0.39, 0.29) is 12.0 Å². The van der Waals surface area contributed by atoms with Crippen LogP contribution < -0.4 is 0 Å². The maximum Gasteiger partial charge on any atom is 0.341 e. The number of methoxy groups -OCH3 is 1. The van der Waals surface area contributed by atoms with Gasteiger partial charge in [0.1, 0.15) is 11.3 Å². The molecule has 0 unspecified atom stereocenters. The minimum absolute atomic E-state index is 0.173. The average molecular weight is 353 g/mol. The number of esters is 1. The zero-order valence-corrected chi connectivity index (χ0v) is 14.8. The van der Waals surface area contributed by atoms with E-state index >= 15 is 0 Å². The van der Waals surface area contributed by atoms with E-state index < -0.39 is 0 Å². The highest BCUT2D eigenvalue weighted by Crippen LogP contribution is 2.38. The summed E-state index contributed by atoms with van der Waals surface area (Å²) in [4.78, 5) is 15.8. The fourth-order valence-corrected chi connectivity index (χ4v) is 4.41. The van der Waals surface area contributed by atoms with Crippen LogP contribution in [0.5, 0.6) is 0 Å². The SMILES string of the molecule is COC(=O)c1ccoc1CN1CCc2sccc2[C@H]1c1ccccc1. The Morgan fingerprint density at radius 1 is 1.28 bits per heavy atom. The van der Waals surface area contributed by atoms with Gasteiger partial charge in [-0.05, 0) is 35.1 Å². The first-order chi connectivity index (χ1) is 12.3. The van der Waals surface area contributed by atoms with Gasteiger partial charge in [-0.2, -0.15) is 0 Å². The molecule has 1 aliphatic heterocycles. The molecule has 0 bridgehead atoms. The lowest BCUT2D eigenvalue weighted by atomic mass is 9.93. The van der Waals surface area contributed by atoms with Gasteiger partial charge < -0.3 is 9.15 Å².